The van der Waals surface area contributed by atoms with Crippen molar-refractivity contribution in [3.8, 4) is 5.75 Å². The van der Waals surface area contributed by atoms with Gasteiger partial charge in [-0.05, 0) is 37.5 Å². The van der Waals surface area contributed by atoms with Gasteiger partial charge in [0.2, 0.25) is 5.91 Å². The summed E-state index contributed by atoms with van der Waals surface area (Å²) in [7, 11) is 1.64. The van der Waals surface area contributed by atoms with E-state index in [4.69, 9.17) is 9.72 Å². The van der Waals surface area contributed by atoms with Gasteiger partial charge in [-0.3, -0.25) is 4.79 Å². The second-order valence-electron chi connectivity index (χ2n) is 7.64. The van der Waals surface area contributed by atoms with Gasteiger partial charge in [-0.25, -0.2) is 9.97 Å². The van der Waals surface area contributed by atoms with Crippen LogP contribution in [0.25, 0.3) is 0 Å². The zero-order chi connectivity index (χ0) is 20.3. The number of rotatable bonds is 5. The molecule has 1 aromatic heterocycles. The summed E-state index contributed by atoms with van der Waals surface area (Å²) in [5, 5.41) is 0. The van der Waals surface area contributed by atoms with Gasteiger partial charge in [-0.15, -0.1) is 0 Å². The topological polar surface area (TPSA) is 58.6 Å². The van der Waals surface area contributed by atoms with Crippen LogP contribution in [0, 0.1) is 13.8 Å². The SMILES string of the molecule is COc1ccc(CC(=O)N2CCN(c3nc(C)nc(C)c3C(C)C)CC2)cc1. The van der Waals surface area contributed by atoms with E-state index in [0.29, 0.717) is 25.4 Å². The van der Waals surface area contributed by atoms with Crippen LogP contribution >= 0.6 is 0 Å². The lowest BCUT2D eigenvalue weighted by atomic mass is 10.0. The van der Waals surface area contributed by atoms with Gasteiger partial charge in [0.25, 0.3) is 0 Å². The fourth-order valence-electron chi connectivity index (χ4n) is 3.82. The van der Waals surface area contributed by atoms with Gasteiger partial charge >= 0.3 is 0 Å². The maximum absolute atomic E-state index is 12.7. The summed E-state index contributed by atoms with van der Waals surface area (Å²) in [6.07, 6.45) is 0.424. The number of hydrogen-bond acceptors (Lipinski definition) is 5. The number of piperazine rings is 1. The zero-order valence-corrected chi connectivity index (χ0v) is 17.5. The lowest BCUT2D eigenvalue weighted by Crippen LogP contribution is -2.49. The maximum atomic E-state index is 12.7. The molecule has 150 valence electrons. The van der Waals surface area contributed by atoms with Crippen molar-refractivity contribution < 1.29 is 9.53 Å². The molecule has 6 nitrogen and oxygen atoms in total. The standard InChI is InChI=1S/C22H30N4O2/c1-15(2)21-16(3)23-17(4)24-22(21)26-12-10-25(11-13-26)20(27)14-18-6-8-19(28-5)9-7-18/h6-9,15H,10-14H2,1-5H3. The highest BCUT2D eigenvalue weighted by Crippen LogP contribution is 2.29. The first-order chi connectivity index (χ1) is 13.4. The highest BCUT2D eigenvalue weighted by molar-refractivity contribution is 5.79. The van der Waals surface area contributed by atoms with Crippen molar-refractivity contribution >= 4 is 11.7 Å². The zero-order valence-electron chi connectivity index (χ0n) is 17.5. The molecule has 1 aliphatic heterocycles. The Morgan fingerprint density at radius 1 is 1.07 bits per heavy atom. The summed E-state index contributed by atoms with van der Waals surface area (Å²) in [5.74, 6) is 3.17. The Kier molecular flexibility index (Phi) is 6.17. The Morgan fingerprint density at radius 2 is 1.71 bits per heavy atom. The number of methoxy groups -OCH3 is 1. The number of nitrogens with zero attached hydrogens (tertiary/aromatic N) is 4. The average Bonchev–Trinajstić information content (AvgIpc) is 2.67. The molecule has 1 amide bonds. The molecule has 0 spiro atoms. The highest BCUT2D eigenvalue weighted by atomic mass is 16.5. The first-order valence-corrected chi connectivity index (χ1v) is 9.89. The minimum absolute atomic E-state index is 0.170. The van der Waals surface area contributed by atoms with Gasteiger partial charge in [-0.1, -0.05) is 26.0 Å². The predicted molar refractivity (Wildman–Crippen MR) is 111 cm³/mol. The normalized spacial score (nSPS) is 14.5. The van der Waals surface area contributed by atoms with Gasteiger partial charge in [0.1, 0.15) is 17.4 Å². The molecule has 28 heavy (non-hydrogen) atoms. The Morgan fingerprint density at radius 3 is 2.29 bits per heavy atom. The van der Waals surface area contributed by atoms with Gasteiger partial charge in [0, 0.05) is 37.4 Å². The molecule has 0 aliphatic carbocycles. The van der Waals surface area contributed by atoms with E-state index in [0.717, 1.165) is 41.7 Å². The molecule has 1 aliphatic rings. The van der Waals surface area contributed by atoms with E-state index in [1.54, 1.807) is 7.11 Å². The molecule has 0 atom stereocenters. The molecular weight excluding hydrogens is 352 g/mol. The van der Waals surface area contributed by atoms with E-state index in [9.17, 15) is 4.79 Å². The van der Waals surface area contributed by atoms with E-state index in [2.05, 4.69) is 30.7 Å². The summed E-state index contributed by atoms with van der Waals surface area (Å²) in [6, 6.07) is 7.70. The predicted octanol–water partition coefficient (Wildman–Crippen LogP) is 3.12. The molecule has 0 N–H and O–H groups in total. The molecule has 1 saturated heterocycles. The van der Waals surface area contributed by atoms with Crippen LogP contribution in [0.5, 0.6) is 5.75 Å². The molecule has 0 radical (unpaired) electrons. The van der Waals surface area contributed by atoms with Gasteiger partial charge in [0.05, 0.1) is 13.5 Å². The molecule has 0 unspecified atom stereocenters. The minimum Gasteiger partial charge on any atom is -0.497 e. The van der Waals surface area contributed by atoms with Crippen molar-refractivity contribution in [2.75, 3.05) is 38.2 Å². The fourth-order valence-corrected chi connectivity index (χ4v) is 3.82. The molecule has 3 rings (SSSR count). The van der Waals surface area contributed by atoms with E-state index in [1.165, 1.54) is 5.56 Å². The summed E-state index contributed by atoms with van der Waals surface area (Å²) < 4.78 is 5.18. The maximum Gasteiger partial charge on any atom is 0.227 e. The molecule has 2 heterocycles. The van der Waals surface area contributed by atoms with Crippen LogP contribution in [-0.2, 0) is 11.2 Å². The van der Waals surface area contributed by atoms with Crippen LogP contribution in [0.2, 0.25) is 0 Å². The summed E-state index contributed by atoms with van der Waals surface area (Å²) >= 11 is 0. The number of anilines is 1. The summed E-state index contributed by atoms with van der Waals surface area (Å²) in [4.78, 5) is 26.2. The quantitative estimate of drug-likeness (QED) is 0.795. The number of aryl methyl sites for hydroxylation is 2. The number of benzene rings is 1. The van der Waals surface area contributed by atoms with Gasteiger partial charge < -0.3 is 14.5 Å². The number of amides is 1. The average molecular weight is 383 g/mol. The third-order valence-electron chi connectivity index (χ3n) is 5.25. The Hall–Kier alpha value is -2.63. The van der Waals surface area contributed by atoms with Crippen molar-refractivity contribution in [1.82, 2.24) is 14.9 Å². The van der Waals surface area contributed by atoms with Crippen molar-refractivity contribution in [1.29, 1.82) is 0 Å². The van der Waals surface area contributed by atoms with Crippen LogP contribution in [0.15, 0.2) is 24.3 Å². The van der Waals surface area contributed by atoms with Gasteiger partial charge in [-0.2, -0.15) is 0 Å². The number of aromatic nitrogens is 2. The molecule has 0 saturated carbocycles. The summed E-state index contributed by atoms with van der Waals surface area (Å²) in [6.45, 7) is 11.4. The fraction of sp³-hybridized carbons (Fsp3) is 0.500. The smallest absolute Gasteiger partial charge is 0.227 e. The lowest BCUT2D eigenvalue weighted by molar-refractivity contribution is -0.130. The Balaban J connectivity index is 1.65. The largest absolute Gasteiger partial charge is 0.497 e. The molecular formula is C22H30N4O2. The molecule has 1 fully saturated rings. The van der Waals surface area contributed by atoms with E-state index in [-0.39, 0.29) is 5.91 Å². The first kappa shape index (κ1) is 20.1. The number of ether oxygens (including phenoxy) is 1. The molecule has 1 aromatic carbocycles. The number of hydrogen-bond donors (Lipinski definition) is 0. The second-order valence-corrected chi connectivity index (χ2v) is 7.64. The van der Waals surface area contributed by atoms with Crippen molar-refractivity contribution in [2.45, 2.75) is 40.0 Å². The third-order valence-corrected chi connectivity index (χ3v) is 5.25. The Labute approximate surface area is 167 Å². The number of carbonyl (C=O) groups is 1. The van der Waals surface area contributed by atoms with Crippen LogP contribution < -0.4 is 9.64 Å². The van der Waals surface area contributed by atoms with E-state index >= 15 is 0 Å². The van der Waals surface area contributed by atoms with Crippen molar-refractivity contribution in [2.24, 2.45) is 0 Å². The Bertz CT molecular complexity index is 825. The van der Waals surface area contributed by atoms with Crippen molar-refractivity contribution in [3.63, 3.8) is 0 Å². The van der Waals surface area contributed by atoms with Gasteiger partial charge in [0.15, 0.2) is 0 Å². The molecule has 0 bridgehead atoms. The lowest BCUT2D eigenvalue weighted by Gasteiger charge is -2.37. The van der Waals surface area contributed by atoms with Crippen LogP contribution in [-0.4, -0.2) is 54.1 Å². The van der Waals surface area contributed by atoms with E-state index < -0.39 is 0 Å². The van der Waals surface area contributed by atoms with Crippen LogP contribution in [0.3, 0.4) is 0 Å². The summed E-state index contributed by atoms with van der Waals surface area (Å²) in [5.41, 5.74) is 3.27. The number of carbonyl (C=O) groups excluding carboxylic acids is 1. The highest BCUT2D eigenvalue weighted by Gasteiger charge is 2.25. The third kappa shape index (κ3) is 4.43. The van der Waals surface area contributed by atoms with E-state index in [1.807, 2.05) is 36.1 Å². The van der Waals surface area contributed by atoms with Crippen LogP contribution in [0.4, 0.5) is 5.82 Å². The second kappa shape index (κ2) is 8.59. The molecule has 6 heteroatoms. The monoisotopic (exact) mass is 382 g/mol. The first-order valence-electron chi connectivity index (χ1n) is 9.89. The minimum atomic E-state index is 0.170. The van der Waals surface area contributed by atoms with Crippen molar-refractivity contribution in [3.05, 3.63) is 46.9 Å². The van der Waals surface area contributed by atoms with Crippen LogP contribution in [0.1, 0.15) is 42.4 Å². The molecule has 2 aromatic rings.